The summed E-state index contributed by atoms with van der Waals surface area (Å²) in [5.41, 5.74) is 2.07. The number of aryl methyl sites for hydroxylation is 1. The Kier molecular flexibility index (Phi) is 4.58. The van der Waals surface area contributed by atoms with Gasteiger partial charge in [0.1, 0.15) is 5.82 Å². The highest BCUT2D eigenvalue weighted by Gasteiger charge is 2.34. The molecule has 1 saturated heterocycles. The fourth-order valence-electron chi connectivity index (χ4n) is 3.41. The number of nitrogens with zero attached hydrogens (tertiary/aromatic N) is 2. The second-order valence-electron chi connectivity index (χ2n) is 6.65. The Balaban J connectivity index is 1.82. The zero-order valence-corrected chi connectivity index (χ0v) is 15.8. The maximum Gasteiger partial charge on any atom is 0.256 e. The van der Waals surface area contributed by atoms with Crippen molar-refractivity contribution in [1.29, 1.82) is 0 Å². The number of aromatic nitrogens is 2. The molecule has 0 unspecified atom stereocenters. The van der Waals surface area contributed by atoms with Crippen LogP contribution in [-0.4, -0.2) is 54.8 Å². The highest BCUT2D eigenvalue weighted by atomic mass is 32.2. The number of sulfonamides is 1. The molecule has 1 aromatic carbocycles. The van der Waals surface area contributed by atoms with Crippen LogP contribution in [0.2, 0.25) is 0 Å². The van der Waals surface area contributed by atoms with Gasteiger partial charge in [0.15, 0.2) is 0 Å². The SMILES string of the molecule is Cc1cnc(/C=C2\C(=O)Nc3cccc(S(=O)(=O)N4CCCNCC4)c32)[nH]1. The summed E-state index contributed by atoms with van der Waals surface area (Å²) in [5.74, 6) is 0.177. The van der Waals surface area contributed by atoms with Gasteiger partial charge in [-0.1, -0.05) is 6.07 Å². The van der Waals surface area contributed by atoms with Crippen LogP contribution >= 0.6 is 0 Å². The molecule has 3 heterocycles. The zero-order valence-electron chi connectivity index (χ0n) is 14.9. The third-order valence-corrected chi connectivity index (χ3v) is 6.65. The van der Waals surface area contributed by atoms with Gasteiger partial charge in [0, 0.05) is 37.1 Å². The minimum atomic E-state index is -3.72. The maximum atomic E-state index is 13.3. The molecule has 0 bridgehead atoms. The predicted molar refractivity (Wildman–Crippen MR) is 103 cm³/mol. The van der Waals surface area contributed by atoms with E-state index in [9.17, 15) is 13.2 Å². The van der Waals surface area contributed by atoms with Gasteiger partial charge in [-0.05, 0) is 38.1 Å². The number of carbonyl (C=O) groups is 1. The molecule has 9 heteroatoms. The van der Waals surface area contributed by atoms with Crippen LogP contribution in [0.25, 0.3) is 11.6 Å². The standard InChI is InChI=1S/C18H21N5O3S/c1-12-11-20-16(21-12)10-13-17-14(22-18(13)24)4-2-5-15(17)27(25,26)23-8-3-6-19-7-9-23/h2,4-5,10-11,19H,3,6-9H2,1H3,(H,20,21)(H,22,24)/b13-10-. The molecule has 3 N–H and O–H groups in total. The van der Waals surface area contributed by atoms with E-state index in [1.165, 1.54) is 4.31 Å². The van der Waals surface area contributed by atoms with Crippen molar-refractivity contribution in [3.05, 3.63) is 41.5 Å². The van der Waals surface area contributed by atoms with Crippen molar-refractivity contribution in [3.8, 4) is 0 Å². The van der Waals surface area contributed by atoms with Gasteiger partial charge in [-0.3, -0.25) is 4.79 Å². The molecule has 27 heavy (non-hydrogen) atoms. The number of benzene rings is 1. The number of rotatable bonds is 3. The summed E-state index contributed by atoms with van der Waals surface area (Å²) < 4.78 is 28.1. The van der Waals surface area contributed by atoms with Crippen LogP contribution in [0, 0.1) is 6.92 Å². The van der Waals surface area contributed by atoms with Gasteiger partial charge in [0.2, 0.25) is 10.0 Å². The quantitative estimate of drug-likeness (QED) is 0.686. The topological polar surface area (TPSA) is 107 Å². The van der Waals surface area contributed by atoms with Gasteiger partial charge in [-0.15, -0.1) is 0 Å². The van der Waals surface area contributed by atoms with Crippen LogP contribution in [0.3, 0.4) is 0 Å². The maximum absolute atomic E-state index is 13.3. The summed E-state index contributed by atoms with van der Waals surface area (Å²) in [6.45, 7) is 4.13. The van der Waals surface area contributed by atoms with Crippen LogP contribution < -0.4 is 10.6 Å². The summed E-state index contributed by atoms with van der Waals surface area (Å²) in [6.07, 6.45) is 4.00. The van der Waals surface area contributed by atoms with Gasteiger partial charge in [-0.2, -0.15) is 4.31 Å². The van der Waals surface area contributed by atoms with Crippen LogP contribution in [0.4, 0.5) is 5.69 Å². The molecule has 2 aliphatic rings. The Hall–Kier alpha value is -2.49. The first-order chi connectivity index (χ1) is 13.0. The number of amides is 1. The number of nitrogens with one attached hydrogen (secondary N) is 3. The number of imidazole rings is 1. The van der Waals surface area contributed by atoms with Gasteiger partial charge >= 0.3 is 0 Å². The number of hydrogen-bond acceptors (Lipinski definition) is 5. The van der Waals surface area contributed by atoms with E-state index in [2.05, 4.69) is 20.6 Å². The summed E-state index contributed by atoms with van der Waals surface area (Å²) in [6, 6.07) is 4.93. The monoisotopic (exact) mass is 387 g/mol. The lowest BCUT2D eigenvalue weighted by molar-refractivity contribution is -0.110. The van der Waals surface area contributed by atoms with E-state index in [1.807, 2.05) is 6.92 Å². The number of hydrogen-bond donors (Lipinski definition) is 3. The van der Waals surface area contributed by atoms with Gasteiger partial charge < -0.3 is 15.6 Å². The third-order valence-electron chi connectivity index (χ3n) is 4.71. The molecule has 0 atom stereocenters. The summed E-state index contributed by atoms with van der Waals surface area (Å²) >= 11 is 0. The van der Waals surface area contributed by atoms with E-state index in [0.717, 1.165) is 18.7 Å². The summed E-state index contributed by atoms with van der Waals surface area (Å²) in [5, 5.41) is 5.97. The molecule has 1 amide bonds. The van der Waals surface area contributed by atoms with Crippen molar-refractivity contribution in [2.75, 3.05) is 31.5 Å². The highest BCUT2D eigenvalue weighted by molar-refractivity contribution is 7.89. The van der Waals surface area contributed by atoms with E-state index in [0.29, 0.717) is 42.3 Å². The lowest BCUT2D eigenvalue weighted by Gasteiger charge is -2.21. The van der Waals surface area contributed by atoms with Crippen LogP contribution in [0.15, 0.2) is 29.3 Å². The molecule has 2 aliphatic heterocycles. The molecule has 0 saturated carbocycles. The van der Waals surface area contributed by atoms with Crippen molar-refractivity contribution in [2.24, 2.45) is 0 Å². The van der Waals surface area contributed by atoms with Crippen LogP contribution in [-0.2, 0) is 14.8 Å². The fraction of sp³-hybridized carbons (Fsp3) is 0.333. The molecular weight excluding hydrogens is 366 g/mol. The van der Waals surface area contributed by atoms with Crippen molar-refractivity contribution in [1.82, 2.24) is 19.6 Å². The summed E-state index contributed by atoms with van der Waals surface area (Å²) in [4.78, 5) is 19.9. The Morgan fingerprint density at radius 3 is 2.85 bits per heavy atom. The molecule has 1 fully saturated rings. The van der Waals surface area contributed by atoms with Gasteiger partial charge in [-0.25, -0.2) is 13.4 Å². The average Bonchev–Trinajstić information content (AvgIpc) is 3.05. The largest absolute Gasteiger partial charge is 0.343 e. The summed E-state index contributed by atoms with van der Waals surface area (Å²) in [7, 11) is -3.72. The molecule has 142 valence electrons. The van der Waals surface area contributed by atoms with Crippen molar-refractivity contribution >= 4 is 33.3 Å². The molecule has 4 rings (SSSR count). The van der Waals surface area contributed by atoms with E-state index in [1.54, 1.807) is 30.5 Å². The first-order valence-corrected chi connectivity index (χ1v) is 10.3. The minimum Gasteiger partial charge on any atom is -0.343 e. The Morgan fingerprint density at radius 2 is 2.07 bits per heavy atom. The van der Waals surface area contributed by atoms with E-state index < -0.39 is 10.0 Å². The smallest absolute Gasteiger partial charge is 0.256 e. The Labute approximate surface area is 157 Å². The molecule has 8 nitrogen and oxygen atoms in total. The van der Waals surface area contributed by atoms with Crippen molar-refractivity contribution in [3.63, 3.8) is 0 Å². The second kappa shape index (κ2) is 6.91. The number of H-pyrrole nitrogens is 1. The third kappa shape index (κ3) is 3.29. The zero-order chi connectivity index (χ0) is 19.0. The Morgan fingerprint density at radius 1 is 1.22 bits per heavy atom. The second-order valence-corrected chi connectivity index (χ2v) is 8.56. The van der Waals surface area contributed by atoms with Crippen LogP contribution in [0.5, 0.6) is 0 Å². The molecule has 1 aromatic heterocycles. The van der Waals surface area contributed by atoms with Gasteiger partial charge in [0.25, 0.3) is 5.91 Å². The lowest BCUT2D eigenvalue weighted by atomic mass is 10.1. The molecule has 0 aliphatic carbocycles. The molecule has 2 aromatic rings. The number of anilines is 1. The van der Waals surface area contributed by atoms with E-state index in [-0.39, 0.29) is 10.8 Å². The molecule has 0 spiro atoms. The fourth-order valence-corrected chi connectivity index (χ4v) is 5.12. The first-order valence-electron chi connectivity index (χ1n) is 8.86. The normalized spacial score (nSPS) is 19.7. The number of fused-ring (bicyclic) bond motifs is 1. The molecule has 0 radical (unpaired) electrons. The van der Waals surface area contributed by atoms with Crippen LogP contribution in [0.1, 0.15) is 23.5 Å². The number of carbonyl (C=O) groups excluding carboxylic acids is 1. The van der Waals surface area contributed by atoms with Crippen molar-refractivity contribution in [2.45, 2.75) is 18.2 Å². The minimum absolute atomic E-state index is 0.148. The first kappa shape index (κ1) is 17.9. The van der Waals surface area contributed by atoms with Crippen molar-refractivity contribution < 1.29 is 13.2 Å². The highest BCUT2D eigenvalue weighted by Crippen LogP contribution is 2.38. The Bertz CT molecular complexity index is 1020. The molecular formula is C18H21N5O3S. The predicted octanol–water partition coefficient (Wildman–Crippen LogP) is 1.19. The van der Waals surface area contributed by atoms with E-state index in [4.69, 9.17) is 0 Å². The number of aromatic amines is 1. The van der Waals surface area contributed by atoms with Gasteiger partial charge in [0.05, 0.1) is 16.2 Å². The van der Waals surface area contributed by atoms with E-state index >= 15 is 0 Å². The lowest BCUT2D eigenvalue weighted by Crippen LogP contribution is -2.34. The average molecular weight is 387 g/mol.